The van der Waals surface area contributed by atoms with E-state index < -0.39 is 0 Å². The number of quaternary nitrogens is 1. The Morgan fingerprint density at radius 3 is 2.61 bits per heavy atom. The molecule has 1 unspecified atom stereocenters. The van der Waals surface area contributed by atoms with Crippen molar-refractivity contribution in [2.24, 2.45) is 0 Å². The van der Waals surface area contributed by atoms with Crippen LogP contribution in [0.4, 0.5) is 10.1 Å². The van der Waals surface area contributed by atoms with Gasteiger partial charge in [-0.1, -0.05) is 15.9 Å². The molecule has 0 saturated heterocycles. The van der Waals surface area contributed by atoms with Crippen LogP contribution in [0.3, 0.4) is 0 Å². The van der Waals surface area contributed by atoms with Crippen LogP contribution in [0, 0.1) is 5.82 Å². The Hall–Kier alpha value is -1.92. The van der Waals surface area contributed by atoms with E-state index in [2.05, 4.69) is 21.2 Å². The minimum atomic E-state index is -0.326. The number of rotatable bonds is 6. The number of hydrogen-bond donors (Lipinski definition) is 2. The molecule has 4 nitrogen and oxygen atoms in total. The summed E-state index contributed by atoms with van der Waals surface area (Å²) in [5.41, 5.74) is 1.61. The van der Waals surface area contributed by atoms with Gasteiger partial charge < -0.3 is 15.0 Å². The Balaban J connectivity index is 1.93. The number of carbonyl (C=O) groups is 1. The predicted molar refractivity (Wildman–Crippen MR) is 91.2 cm³/mol. The van der Waals surface area contributed by atoms with Crippen molar-refractivity contribution in [1.29, 1.82) is 0 Å². The summed E-state index contributed by atoms with van der Waals surface area (Å²) in [6, 6.07) is 11.5. The third-order valence-electron chi connectivity index (χ3n) is 3.32. The lowest BCUT2D eigenvalue weighted by molar-refractivity contribution is -0.885. The first-order chi connectivity index (χ1) is 11.0. The van der Waals surface area contributed by atoms with Gasteiger partial charge in [0.1, 0.15) is 18.1 Å². The van der Waals surface area contributed by atoms with Gasteiger partial charge in [0, 0.05) is 15.7 Å². The maximum Gasteiger partial charge on any atom is 0.279 e. The van der Waals surface area contributed by atoms with Gasteiger partial charge in [-0.15, -0.1) is 0 Å². The first-order valence-corrected chi connectivity index (χ1v) is 7.96. The maximum absolute atomic E-state index is 12.8. The molecule has 0 aromatic heterocycles. The SMILES string of the molecule is COc1ccc(Br)cc1C[NH+](C)CC(=O)Nc1ccc(F)cc1. The van der Waals surface area contributed by atoms with Crippen LogP contribution in [-0.4, -0.2) is 26.6 Å². The molecule has 0 aliphatic rings. The Morgan fingerprint density at radius 2 is 1.96 bits per heavy atom. The number of ether oxygens (including phenoxy) is 1. The third kappa shape index (κ3) is 5.33. The summed E-state index contributed by atoms with van der Waals surface area (Å²) in [5, 5.41) is 2.76. The zero-order valence-corrected chi connectivity index (χ0v) is 14.6. The standard InChI is InChI=1S/C17H18BrFN2O2/c1-21(10-12-9-13(18)3-8-16(12)23-2)11-17(22)20-15-6-4-14(19)5-7-15/h3-9H,10-11H2,1-2H3,(H,20,22)/p+1. The molecule has 0 heterocycles. The van der Waals surface area contributed by atoms with Gasteiger partial charge in [0.15, 0.2) is 6.54 Å². The highest BCUT2D eigenvalue weighted by atomic mass is 79.9. The number of likely N-dealkylation sites (N-methyl/N-ethyl adjacent to an activating group) is 1. The molecule has 2 rings (SSSR count). The largest absolute Gasteiger partial charge is 0.496 e. The molecule has 0 saturated carbocycles. The number of methoxy groups -OCH3 is 1. The molecule has 6 heteroatoms. The van der Waals surface area contributed by atoms with Gasteiger partial charge in [-0.25, -0.2) is 4.39 Å². The van der Waals surface area contributed by atoms with Gasteiger partial charge in [0.25, 0.3) is 5.91 Å². The van der Waals surface area contributed by atoms with E-state index in [-0.39, 0.29) is 11.7 Å². The van der Waals surface area contributed by atoms with E-state index >= 15 is 0 Å². The molecule has 122 valence electrons. The van der Waals surface area contributed by atoms with Gasteiger partial charge in [0.05, 0.1) is 14.2 Å². The summed E-state index contributed by atoms with van der Waals surface area (Å²) in [5.74, 6) is 0.349. The molecule has 0 fully saturated rings. The van der Waals surface area contributed by atoms with Crippen LogP contribution in [0.1, 0.15) is 5.56 Å². The summed E-state index contributed by atoms with van der Waals surface area (Å²) in [6.07, 6.45) is 0. The van der Waals surface area contributed by atoms with Crippen molar-refractivity contribution in [2.75, 3.05) is 26.0 Å². The summed E-state index contributed by atoms with van der Waals surface area (Å²) in [6.45, 7) is 0.951. The normalized spacial score (nSPS) is 11.8. The molecule has 0 radical (unpaired) electrons. The minimum Gasteiger partial charge on any atom is -0.496 e. The average molecular weight is 382 g/mol. The Kier molecular flexibility index (Phi) is 6.12. The molecule has 0 aliphatic heterocycles. The highest BCUT2D eigenvalue weighted by molar-refractivity contribution is 9.10. The highest BCUT2D eigenvalue weighted by Gasteiger charge is 2.14. The van der Waals surface area contributed by atoms with Crippen molar-refractivity contribution in [3.05, 3.63) is 58.3 Å². The number of halogens is 2. The van der Waals surface area contributed by atoms with E-state index in [4.69, 9.17) is 4.74 Å². The van der Waals surface area contributed by atoms with Crippen LogP contribution < -0.4 is 15.0 Å². The first kappa shape index (κ1) is 17.4. The second kappa shape index (κ2) is 8.08. The Morgan fingerprint density at radius 1 is 1.26 bits per heavy atom. The Bertz CT molecular complexity index is 677. The van der Waals surface area contributed by atoms with Crippen molar-refractivity contribution >= 4 is 27.5 Å². The first-order valence-electron chi connectivity index (χ1n) is 7.17. The van der Waals surface area contributed by atoms with Gasteiger partial charge in [-0.2, -0.15) is 0 Å². The van der Waals surface area contributed by atoms with E-state index in [0.717, 1.165) is 20.7 Å². The zero-order valence-electron chi connectivity index (χ0n) is 13.0. The fraction of sp³-hybridized carbons (Fsp3) is 0.235. The van der Waals surface area contributed by atoms with Gasteiger partial charge in [-0.3, -0.25) is 4.79 Å². The van der Waals surface area contributed by atoms with E-state index in [0.29, 0.717) is 18.8 Å². The van der Waals surface area contributed by atoms with Crippen molar-refractivity contribution in [3.8, 4) is 5.75 Å². The highest BCUT2D eigenvalue weighted by Crippen LogP contribution is 2.22. The topological polar surface area (TPSA) is 42.8 Å². The lowest BCUT2D eigenvalue weighted by Crippen LogP contribution is -3.08. The lowest BCUT2D eigenvalue weighted by Gasteiger charge is -2.16. The van der Waals surface area contributed by atoms with Gasteiger partial charge in [-0.05, 0) is 42.5 Å². The number of carbonyl (C=O) groups excluding carboxylic acids is 1. The number of benzene rings is 2. The van der Waals surface area contributed by atoms with Crippen LogP contribution in [-0.2, 0) is 11.3 Å². The third-order valence-corrected chi connectivity index (χ3v) is 3.82. The summed E-state index contributed by atoms with van der Waals surface area (Å²) in [4.78, 5) is 13.1. The molecule has 1 amide bonds. The quantitative estimate of drug-likeness (QED) is 0.805. The second-order valence-electron chi connectivity index (χ2n) is 5.32. The Labute approximate surface area is 143 Å². The number of anilines is 1. The van der Waals surface area contributed by atoms with E-state index in [1.807, 2.05) is 25.2 Å². The van der Waals surface area contributed by atoms with Crippen LogP contribution >= 0.6 is 15.9 Å². The van der Waals surface area contributed by atoms with E-state index in [1.165, 1.54) is 12.1 Å². The fourth-order valence-electron chi connectivity index (χ4n) is 2.29. The molecule has 0 aliphatic carbocycles. The number of nitrogens with one attached hydrogen (secondary N) is 2. The van der Waals surface area contributed by atoms with Crippen LogP contribution in [0.25, 0.3) is 0 Å². The van der Waals surface area contributed by atoms with Crippen molar-refractivity contribution in [2.45, 2.75) is 6.54 Å². The zero-order chi connectivity index (χ0) is 16.8. The fourth-order valence-corrected chi connectivity index (χ4v) is 2.69. The minimum absolute atomic E-state index is 0.122. The van der Waals surface area contributed by atoms with Crippen molar-refractivity contribution in [3.63, 3.8) is 0 Å². The molecule has 2 aromatic carbocycles. The molecular formula is C17H19BrFN2O2+. The van der Waals surface area contributed by atoms with Gasteiger partial charge >= 0.3 is 0 Å². The van der Waals surface area contributed by atoms with Crippen LogP contribution in [0.5, 0.6) is 5.75 Å². The monoisotopic (exact) mass is 381 g/mol. The van der Waals surface area contributed by atoms with E-state index in [1.54, 1.807) is 19.2 Å². The van der Waals surface area contributed by atoms with E-state index in [9.17, 15) is 9.18 Å². The summed E-state index contributed by atoms with van der Waals surface area (Å²) in [7, 11) is 3.56. The molecule has 0 bridgehead atoms. The molecule has 0 spiro atoms. The average Bonchev–Trinajstić information content (AvgIpc) is 2.49. The smallest absolute Gasteiger partial charge is 0.279 e. The molecule has 2 N–H and O–H groups in total. The molecule has 2 aromatic rings. The molecule has 1 atom stereocenters. The van der Waals surface area contributed by atoms with Crippen molar-refractivity contribution in [1.82, 2.24) is 0 Å². The van der Waals surface area contributed by atoms with Gasteiger partial charge in [0.2, 0.25) is 0 Å². The predicted octanol–water partition coefficient (Wildman–Crippen LogP) is 2.25. The number of amides is 1. The van der Waals surface area contributed by atoms with Crippen LogP contribution in [0.2, 0.25) is 0 Å². The summed E-state index contributed by atoms with van der Waals surface area (Å²) >= 11 is 3.44. The second-order valence-corrected chi connectivity index (χ2v) is 6.24. The molecule has 23 heavy (non-hydrogen) atoms. The maximum atomic E-state index is 12.8. The van der Waals surface area contributed by atoms with Crippen molar-refractivity contribution < 1.29 is 18.8 Å². The summed E-state index contributed by atoms with van der Waals surface area (Å²) < 4.78 is 19.2. The van der Waals surface area contributed by atoms with Crippen LogP contribution in [0.15, 0.2) is 46.9 Å². The molecular weight excluding hydrogens is 363 g/mol. The number of hydrogen-bond acceptors (Lipinski definition) is 2. The lowest BCUT2D eigenvalue weighted by atomic mass is 10.2.